The van der Waals surface area contributed by atoms with Crippen LogP contribution in [0, 0.1) is 5.92 Å². The zero-order valence-corrected chi connectivity index (χ0v) is 13.9. The Kier molecular flexibility index (Phi) is 5.00. The Labute approximate surface area is 149 Å². The van der Waals surface area contributed by atoms with Crippen molar-refractivity contribution in [3.63, 3.8) is 0 Å². The van der Waals surface area contributed by atoms with Crippen LogP contribution in [0.1, 0.15) is 17.0 Å². The van der Waals surface area contributed by atoms with Gasteiger partial charge in [-0.3, -0.25) is 9.59 Å². The lowest BCUT2D eigenvalue weighted by Gasteiger charge is -2.15. The van der Waals surface area contributed by atoms with Gasteiger partial charge in [-0.1, -0.05) is 41.9 Å². The molecule has 7 heteroatoms. The van der Waals surface area contributed by atoms with Gasteiger partial charge in [-0.25, -0.2) is 5.43 Å². The quantitative estimate of drug-likeness (QED) is 0.444. The van der Waals surface area contributed by atoms with E-state index >= 15 is 0 Å². The van der Waals surface area contributed by atoms with E-state index in [-0.39, 0.29) is 17.6 Å². The number of rotatable bonds is 4. The molecule has 1 heterocycles. The topological polar surface area (TPSA) is 90.8 Å². The average Bonchev–Trinajstić information content (AvgIpc) is 3.00. The maximum absolute atomic E-state index is 12.4. The Morgan fingerprint density at radius 3 is 2.80 bits per heavy atom. The van der Waals surface area contributed by atoms with Crippen molar-refractivity contribution in [3.8, 4) is 5.75 Å². The Morgan fingerprint density at radius 2 is 2.04 bits per heavy atom. The largest absolute Gasteiger partial charge is 0.507 e. The van der Waals surface area contributed by atoms with Crippen molar-refractivity contribution in [1.82, 2.24) is 10.7 Å². The highest BCUT2D eigenvalue weighted by atomic mass is 35.5. The van der Waals surface area contributed by atoms with Crippen LogP contribution in [0.25, 0.3) is 0 Å². The maximum atomic E-state index is 12.4. The highest BCUT2D eigenvalue weighted by Gasteiger charge is 2.40. The molecular formula is C18H16ClN3O3. The van der Waals surface area contributed by atoms with Crippen molar-refractivity contribution < 1.29 is 14.7 Å². The SMILES string of the molecule is O=C1NC[C@H](c2ccccc2)[C@H]1C(=O)N/N=C/c1cc(Cl)ccc1O. The summed E-state index contributed by atoms with van der Waals surface area (Å²) >= 11 is 5.85. The number of hydrogen-bond donors (Lipinski definition) is 3. The Hall–Kier alpha value is -2.86. The van der Waals surface area contributed by atoms with Gasteiger partial charge in [0.05, 0.1) is 6.21 Å². The normalized spacial score (nSPS) is 19.8. The maximum Gasteiger partial charge on any atom is 0.253 e. The zero-order valence-electron chi connectivity index (χ0n) is 13.1. The molecule has 6 nitrogen and oxygen atoms in total. The van der Waals surface area contributed by atoms with Gasteiger partial charge in [-0.05, 0) is 23.8 Å². The Bertz CT molecular complexity index is 824. The van der Waals surface area contributed by atoms with Crippen LogP contribution in [0.4, 0.5) is 0 Å². The average molecular weight is 358 g/mol. The first-order valence-electron chi connectivity index (χ1n) is 7.70. The summed E-state index contributed by atoms with van der Waals surface area (Å²) in [4.78, 5) is 24.5. The van der Waals surface area contributed by atoms with Crippen molar-refractivity contribution in [2.24, 2.45) is 11.0 Å². The predicted octanol–water partition coefficient (Wildman–Crippen LogP) is 2.03. The molecule has 3 N–H and O–H groups in total. The minimum Gasteiger partial charge on any atom is -0.507 e. The summed E-state index contributed by atoms with van der Waals surface area (Å²) in [6.45, 7) is 0.403. The van der Waals surface area contributed by atoms with Gasteiger partial charge in [-0.15, -0.1) is 0 Å². The molecule has 0 spiro atoms. The third kappa shape index (κ3) is 3.80. The molecule has 0 radical (unpaired) electrons. The molecule has 1 aliphatic heterocycles. The third-order valence-corrected chi connectivity index (χ3v) is 4.29. The van der Waals surface area contributed by atoms with Crippen molar-refractivity contribution in [1.29, 1.82) is 0 Å². The Morgan fingerprint density at radius 1 is 1.28 bits per heavy atom. The molecule has 0 bridgehead atoms. The van der Waals surface area contributed by atoms with E-state index in [1.165, 1.54) is 18.3 Å². The molecule has 128 valence electrons. The van der Waals surface area contributed by atoms with E-state index in [0.717, 1.165) is 5.56 Å². The predicted molar refractivity (Wildman–Crippen MR) is 94.5 cm³/mol. The molecular weight excluding hydrogens is 342 g/mol. The molecule has 25 heavy (non-hydrogen) atoms. The van der Waals surface area contributed by atoms with Gasteiger partial charge in [0.15, 0.2) is 0 Å². The van der Waals surface area contributed by atoms with Crippen LogP contribution in [-0.2, 0) is 9.59 Å². The number of amides is 2. The number of carbonyl (C=O) groups excluding carboxylic acids is 2. The van der Waals surface area contributed by atoms with Gasteiger partial charge in [0.25, 0.3) is 5.91 Å². The van der Waals surface area contributed by atoms with E-state index in [2.05, 4.69) is 15.8 Å². The zero-order chi connectivity index (χ0) is 17.8. The summed E-state index contributed by atoms with van der Waals surface area (Å²) in [5, 5.41) is 16.7. The van der Waals surface area contributed by atoms with E-state index < -0.39 is 11.8 Å². The first-order chi connectivity index (χ1) is 12.1. The number of hydrogen-bond acceptors (Lipinski definition) is 4. The fourth-order valence-electron chi connectivity index (χ4n) is 2.80. The monoisotopic (exact) mass is 357 g/mol. The smallest absolute Gasteiger partial charge is 0.253 e. The molecule has 0 aromatic heterocycles. The van der Waals surface area contributed by atoms with E-state index in [9.17, 15) is 14.7 Å². The van der Waals surface area contributed by atoms with Gasteiger partial charge in [-0.2, -0.15) is 5.10 Å². The van der Waals surface area contributed by atoms with Gasteiger partial charge in [0.1, 0.15) is 11.7 Å². The number of aromatic hydroxyl groups is 1. The second-order valence-corrected chi connectivity index (χ2v) is 6.11. The van der Waals surface area contributed by atoms with Crippen LogP contribution in [-0.4, -0.2) is 29.7 Å². The summed E-state index contributed by atoms with van der Waals surface area (Å²) < 4.78 is 0. The molecule has 0 aliphatic carbocycles. The molecule has 1 saturated heterocycles. The van der Waals surface area contributed by atoms with Gasteiger partial charge >= 0.3 is 0 Å². The van der Waals surface area contributed by atoms with Crippen molar-refractivity contribution in [3.05, 3.63) is 64.7 Å². The number of phenolic OH excluding ortho intramolecular Hbond substituents is 1. The minimum absolute atomic E-state index is 0.0110. The van der Waals surface area contributed by atoms with Gasteiger partial charge < -0.3 is 10.4 Å². The second-order valence-electron chi connectivity index (χ2n) is 5.68. The fourth-order valence-corrected chi connectivity index (χ4v) is 2.98. The Balaban J connectivity index is 1.72. The lowest BCUT2D eigenvalue weighted by atomic mass is 9.88. The van der Waals surface area contributed by atoms with Gasteiger partial charge in [0.2, 0.25) is 5.91 Å². The van der Waals surface area contributed by atoms with E-state index in [4.69, 9.17) is 11.6 Å². The molecule has 1 aliphatic rings. The standard InChI is InChI=1S/C18H16ClN3O3/c19-13-6-7-15(23)12(8-13)9-21-22-18(25)16-14(10-20-17(16)24)11-4-2-1-3-5-11/h1-9,14,16,23H,10H2,(H,20,24)(H,22,25)/b21-9+/t14-,16-/m1/s1. The van der Waals surface area contributed by atoms with Crippen LogP contribution >= 0.6 is 11.6 Å². The second kappa shape index (κ2) is 7.36. The van der Waals surface area contributed by atoms with Crippen molar-refractivity contribution >= 4 is 29.6 Å². The number of hydrazone groups is 1. The van der Waals surface area contributed by atoms with E-state index in [1.807, 2.05) is 30.3 Å². The summed E-state index contributed by atoms with van der Waals surface area (Å²) in [7, 11) is 0. The van der Waals surface area contributed by atoms with Crippen LogP contribution in [0.15, 0.2) is 53.6 Å². The van der Waals surface area contributed by atoms with Crippen LogP contribution in [0.3, 0.4) is 0 Å². The lowest BCUT2D eigenvalue weighted by Crippen LogP contribution is -2.34. The van der Waals surface area contributed by atoms with E-state index in [1.54, 1.807) is 6.07 Å². The molecule has 1 fully saturated rings. The molecule has 2 aromatic rings. The summed E-state index contributed by atoms with van der Waals surface area (Å²) in [5.74, 6) is -1.94. The number of benzene rings is 2. The minimum atomic E-state index is -0.854. The molecule has 2 aromatic carbocycles. The first-order valence-corrected chi connectivity index (χ1v) is 8.08. The highest BCUT2D eigenvalue weighted by Crippen LogP contribution is 2.29. The number of halogens is 1. The summed E-state index contributed by atoms with van der Waals surface area (Å²) in [6.07, 6.45) is 1.28. The van der Waals surface area contributed by atoms with Crippen LogP contribution in [0.2, 0.25) is 5.02 Å². The molecule has 0 saturated carbocycles. The molecule has 3 rings (SSSR count). The van der Waals surface area contributed by atoms with E-state index in [0.29, 0.717) is 17.1 Å². The fraction of sp³-hybridized carbons (Fsp3) is 0.167. The summed E-state index contributed by atoms with van der Waals surface area (Å²) in [6, 6.07) is 13.9. The van der Waals surface area contributed by atoms with Gasteiger partial charge in [0, 0.05) is 23.0 Å². The van der Waals surface area contributed by atoms with Crippen molar-refractivity contribution in [2.75, 3.05) is 6.54 Å². The molecule has 2 amide bonds. The third-order valence-electron chi connectivity index (χ3n) is 4.06. The number of nitrogens with one attached hydrogen (secondary N) is 2. The summed E-state index contributed by atoms with van der Waals surface area (Å²) in [5.41, 5.74) is 3.64. The molecule has 0 unspecified atom stereocenters. The van der Waals surface area contributed by atoms with Crippen LogP contribution in [0.5, 0.6) is 5.75 Å². The highest BCUT2D eigenvalue weighted by molar-refractivity contribution is 6.30. The number of phenols is 1. The first kappa shape index (κ1) is 17.0. The van der Waals surface area contributed by atoms with Crippen LogP contribution < -0.4 is 10.7 Å². The number of nitrogens with zero attached hydrogens (tertiary/aromatic N) is 1. The number of carbonyl (C=O) groups is 2. The van der Waals surface area contributed by atoms with Crippen molar-refractivity contribution in [2.45, 2.75) is 5.92 Å². The lowest BCUT2D eigenvalue weighted by molar-refractivity contribution is -0.133. The molecule has 2 atom stereocenters.